The normalized spacial score (nSPS) is 25.1. The number of imidazole rings is 1. The van der Waals surface area contributed by atoms with E-state index in [0.717, 1.165) is 31.0 Å². The minimum Gasteiger partial charge on any atom is -0.326 e. The van der Waals surface area contributed by atoms with Crippen molar-refractivity contribution in [1.82, 2.24) is 14.3 Å². The third kappa shape index (κ3) is 2.02. The summed E-state index contributed by atoms with van der Waals surface area (Å²) in [4.78, 5) is 7.10. The lowest BCUT2D eigenvalue weighted by Crippen LogP contribution is -2.28. The van der Waals surface area contributed by atoms with Crippen LogP contribution in [0.25, 0.3) is 5.65 Å². The first-order chi connectivity index (χ1) is 8.63. The van der Waals surface area contributed by atoms with E-state index in [4.69, 9.17) is 10.7 Å². The number of hydrogen-bond donors (Lipinski definition) is 1. The molecule has 2 atom stereocenters. The summed E-state index contributed by atoms with van der Waals surface area (Å²) in [5.41, 5.74) is 9.46. The van der Waals surface area contributed by atoms with Gasteiger partial charge in [0, 0.05) is 38.1 Å². The van der Waals surface area contributed by atoms with Crippen molar-refractivity contribution in [3.63, 3.8) is 0 Å². The highest BCUT2D eigenvalue weighted by Crippen LogP contribution is 2.18. The maximum Gasteiger partial charge on any atom is 0.139 e. The fourth-order valence-electron chi connectivity index (χ4n) is 2.73. The van der Waals surface area contributed by atoms with Gasteiger partial charge in [0.15, 0.2) is 0 Å². The van der Waals surface area contributed by atoms with Gasteiger partial charge in [0.25, 0.3) is 0 Å². The number of nitrogens with zero attached hydrogens (tertiary/aromatic N) is 3. The molecule has 2 aromatic rings. The fourth-order valence-corrected chi connectivity index (χ4v) is 2.73. The van der Waals surface area contributed by atoms with E-state index in [2.05, 4.69) is 47.7 Å². The number of hydrogen-bond acceptors (Lipinski definition) is 3. The minimum atomic E-state index is 0.309. The molecule has 1 aliphatic rings. The fraction of sp³-hybridized carbons (Fsp3) is 0.500. The Labute approximate surface area is 107 Å². The van der Waals surface area contributed by atoms with E-state index in [1.54, 1.807) is 0 Å². The Balaban J connectivity index is 1.81. The standard InChI is InChI=1S/C14H20N4/c1-10-4-3-5-18-8-12(16-14(10)18)7-17-6-11(2)13(15)9-17/h3-5,8,11,13H,6-7,9,15H2,1-2H3. The molecule has 18 heavy (non-hydrogen) atoms. The molecule has 2 aromatic heterocycles. The van der Waals surface area contributed by atoms with Gasteiger partial charge in [0.2, 0.25) is 0 Å². The Bertz CT molecular complexity index is 550. The Kier molecular flexibility index (Phi) is 2.84. The first-order valence-corrected chi connectivity index (χ1v) is 6.54. The Morgan fingerprint density at radius 3 is 2.94 bits per heavy atom. The van der Waals surface area contributed by atoms with Gasteiger partial charge in [-0.15, -0.1) is 0 Å². The second-order valence-electron chi connectivity index (χ2n) is 5.49. The van der Waals surface area contributed by atoms with E-state index in [0.29, 0.717) is 12.0 Å². The molecule has 4 heteroatoms. The third-order valence-electron chi connectivity index (χ3n) is 3.86. The largest absolute Gasteiger partial charge is 0.326 e. The van der Waals surface area contributed by atoms with E-state index in [9.17, 15) is 0 Å². The van der Waals surface area contributed by atoms with Crippen LogP contribution < -0.4 is 5.73 Å². The van der Waals surface area contributed by atoms with Gasteiger partial charge in [0.1, 0.15) is 5.65 Å². The zero-order valence-electron chi connectivity index (χ0n) is 11.0. The van der Waals surface area contributed by atoms with Gasteiger partial charge in [-0.1, -0.05) is 13.0 Å². The van der Waals surface area contributed by atoms with Crippen LogP contribution >= 0.6 is 0 Å². The predicted molar refractivity (Wildman–Crippen MR) is 72.3 cm³/mol. The van der Waals surface area contributed by atoms with Crippen LogP contribution in [0.15, 0.2) is 24.5 Å². The maximum atomic E-state index is 6.05. The molecule has 0 saturated carbocycles. The molecule has 4 nitrogen and oxygen atoms in total. The molecular formula is C14H20N4. The van der Waals surface area contributed by atoms with Gasteiger partial charge in [-0.2, -0.15) is 0 Å². The SMILES string of the molecule is Cc1cccn2cc(CN3CC(C)C(N)C3)nc12. The van der Waals surface area contributed by atoms with E-state index >= 15 is 0 Å². The molecule has 1 saturated heterocycles. The van der Waals surface area contributed by atoms with E-state index in [1.165, 1.54) is 5.56 Å². The third-order valence-corrected chi connectivity index (χ3v) is 3.86. The van der Waals surface area contributed by atoms with Crippen LogP contribution in [-0.2, 0) is 6.54 Å². The molecule has 0 spiro atoms. The minimum absolute atomic E-state index is 0.309. The first kappa shape index (κ1) is 11.7. The van der Waals surface area contributed by atoms with Crippen molar-refractivity contribution in [3.8, 4) is 0 Å². The highest BCUT2D eigenvalue weighted by Gasteiger charge is 2.26. The highest BCUT2D eigenvalue weighted by molar-refractivity contribution is 5.47. The van der Waals surface area contributed by atoms with E-state index in [1.807, 2.05) is 0 Å². The van der Waals surface area contributed by atoms with Crippen LogP contribution in [0.1, 0.15) is 18.2 Å². The lowest BCUT2D eigenvalue weighted by molar-refractivity contribution is 0.315. The molecule has 1 aliphatic heterocycles. The number of aryl methyl sites for hydroxylation is 1. The molecular weight excluding hydrogens is 224 g/mol. The number of fused-ring (bicyclic) bond motifs is 1. The molecule has 2 N–H and O–H groups in total. The first-order valence-electron chi connectivity index (χ1n) is 6.54. The molecule has 3 heterocycles. The van der Waals surface area contributed by atoms with Crippen LogP contribution in [-0.4, -0.2) is 33.4 Å². The lowest BCUT2D eigenvalue weighted by atomic mass is 10.1. The number of pyridine rings is 1. The second-order valence-corrected chi connectivity index (χ2v) is 5.49. The zero-order chi connectivity index (χ0) is 12.7. The highest BCUT2D eigenvalue weighted by atomic mass is 15.2. The summed E-state index contributed by atoms with van der Waals surface area (Å²) in [6, 6.07) is 4.46. The van der Waals surface area contributed by atoms with E-state index < -0.39 is 0 Å². The summed E-state index contributed by atoms with van der Waals surface area (Å²) in [5.74, 6) is 0.587. The summed E-state index contributed by atoms with van der Waals surface area (Å²) in [5, 5.41) is 0. The van der Waals surface area contributed by atoms with Crippen LogP contribution in [0.3, 0.4) is 0 Å². The average Bonchev–Trinajstić information content (AvgIpc) is 2.85. The predicted octanol–water partition coefficient (Wildman–Crippen LogP) is 1.42. The van der Waals surface area contributed by atoms with Gasteiger partial charge in [-0.05, 0) is 24.5 Å². The maximum absolute atomic E-state index is 6.05. The van der Waals surface area contributed by atoms with Crippen molar-refractivity contribution in [1.29, 1.82) is 0 Å². The van der Waals surface area contributed by atoms with Crippen molar-refractivity contribution in [3.05, 3.63) is 35.8 Å². The summed E-state index contributed by atoms with van der Waals surface area (Å²) >= 11 is 0. The van der Waals surface area contributed by atoms with Gasteiger partial charge < -0.3 is 10.1 Å². The number of aromatic nitrogens is 2. The van der Waals surface area contributed by atoms with Gasteiger partial charge in [-0.3, -0.25) is 4.90 Å². The second kappa shape index (κ2) is 4.37. The molecule has 96 valence electrons. The van der Waals surface area contributed by atoms with Crippen LogP contribution in [0.5, 0.6) is 0 Å². The molecule has 2 unspecified atom stereocenters. The van der Waals surface area contributed by atoms with Crippen molar-refractivity contribution in [2.24, 2.45) is 11.7 Å². The summed E-state index contributed by atoms with van der Waals surface area (Å²) in [6.45, 7) is 7.28. The molecule has 0 aromatic carbocycles. The van der Waals surface area contributed by atoms with E-state index in [-0.39, 0.29) is 0 Å². The van der Waals surface area contributed by atoms with Gasteiger partial charge >= 0.3 is 0 Å². The van der Waals surface area contributed by atoms with Crippen molar-refractivity contribution in [2.75, 3.05) is 13.1 Å². The Morgan fingerprint density at radius 2 is 2.28 bits per heavy atom. The molecule has 0 amide bonds. The molecule has 3 rings (SSSR count). The molecule has 0 aliphatic carbocycles. The van der Waals surface area contributed by atoms with Crippen LogP contribution in [0, 0.1) is 12.8 Å². The summed E-state index contributed by atoms with van der Waals surface area (Å²) in [6.07, 6.45) is 4.17. The zero-order valence-corrected chi connectivity index (χ0v) is 11.0. The topological polar surface area (TPSA) is 46.6 Å². The summed E-state index contributed by atoms with van der Waals surface area (Å²) in [7, 11) is 0. The molecule has 0 radical (unpaired) electrons. The lowest BCUT2D eigenvalue weighted by Gasteiger charge is -2.12. The average molecular weight is 244 g/mol. The Hall–Kier alpha value is -1.39. The smallest absolute Gasteiger partial charge is 0.139 e. The van der Waals surface area contributed by atoms with Crippen molar-refractivity contribution < 1.29 is 0 Å². The van der Waals surface area contributed by atoms with Crippen LogP contribution in [0.2, 0.25) is 0 Å². The van der Waals surface area contributed by atoms with Crippen molar-refractivity contribution in [2.45, 2.75) is 26.4 Å². The van der Waals surface area contributed by atoms with Gasteiger partial charge in [0.05, 0.1) is 5.69 Å². The Morgan fingerprint density at radius 1 is 1.44 bits per heavy atom. The molecule has 1 fully saturated rings. The molecule has 0 bridgehead atoms. The number of rotatable bonds is 2. The number of likely N-dealkylation sites (tertiary alicyclic amines) is 1. The van der Waals surface area contributed by atoms with Crippen molar-refractivity contribution >= 4 is 5.65 Å². The quantitative estimate of drug-likeness (QED) is 0.869. The number of nitrogens with two attached hydrogens (primary N) is 1. The van der Waals surface area contributed by atoms with Gasteiger partial charge in [-0.25, -0.2) is 4.98 Å². The monoisotopic (exact) mass is 244 g/mol. The summed E-state index contributed by atoms with van der Waals surface area (Å²) < 4.78 is 2.10. The van der Waals surface area contributed by atoms with Crippen LogP contribution in [0.4, 0.5) is 0 Å².